The van der Waals surface area contributed by atoms with Gasteiger partial charge in [0.1, 0.15) is 12.2 Å². The third kappa shape index (κ3) is 3.55. The van der Waals surface area contributed by atoms with Crippen LogP contribution in [0.4, 0.5) is 0 Å². The van der Waals surface area contributed by atoms with Crippen LogP contribution >= 0.6 is 11.6 Å². The normalized spacial score (nSPS) is 24.3. The molecule has 0 spiro atoms. The van der Waals surface area contributed by atoms with Crippen LogP contribution in [0, 0.1) is 6.92 Å². The zero-order valence-electron chi connectivity index (χ0n) is 13.0. The van der Waals surface area contributed by atoms with Gasteiger partial charge in [-0.15, -0.1) is 11.6 Å². The summed E-state index contributed by atoms with van der Waals surface area (Å²) in [5.74, 6) is 1.95. The smallest absolute Gasteiger partial charge is 0.203 e. The van der Waals surface area contributed by atoms with E-state index in [-0.39, 0.29) is 17.6 Å². The number of rotatable bonds is 7. The predicted octanol–water partition coefficient (Wildman–Crippen LogP) is 3.57. The molecule has 5 heteroatoms. The zero-order valence-corrected chi connectivity index (χ0v) is 13.8. The molecule has 0 aliphatic heterocycles. The Morgan fingerprint density at radius 2 is 1.81 bits per heavy atom. The van der Waals surface area contributed by atoms with Crippen LogP contribution in [0.5, 0.6) is 17.2 Å². The number of benzene rings is 1. The number of methoxy groups -OCH3 is 2. The van der Waals surface area contributed by atoms with Crippen molar-refractivity contribution in [2.24, 2.45) is 0 Å². The van der Waals surface area contributed by atoms with Crippen LogP contribution in [-0.4, -0.2) is 38.4 Å². The molecule has 0 heterocycles. The number of alkyl halides is 1. The minimum absolute atomic E-state index is 0.00369. The van der Waals surface area contributed by atoms with Gasteiger partial charge in [0.25, 0.3) is 0 Å². The molecule has 0 N–H and O–H groups in total. The number of halogens is 1. The van der Waals surface area contributed by atoms with Gasteiger partial charge in [-0.25, -0.2) is 0 Å². The highest BCUT2D eigenvalue weighted by atomic mass is 35.5. The standard InChI is InChI=1S/C16H23ClO4/c1-5-6-20-15-11(17)9-14(15)21-16-12(18-3)7-10(2)8-13(16)19-4/h7-8,11,14-15H,5-6,9H2,1-4H3. The van der Waals surface area contributed by atoms with E-state index in [1.54, 1.807) is 14.2 Å². The van der Waals surface area contributed by atoms with Crippen molar-refractivity contribution in [1.82, 2.24) is 0 Å². The first-order valence-corrected chi connectivity index (χ1v) is 7.69. The highest BCUT2D eigenvalue weighted by Gasteiger charge is 2.43. The molecule has 1 fully saturated rings. The molecule has 1 saturated carbocycles. The third-order valence-corrected chi connectivity index (χ3v) is 4.00. The Kier molecular flexibility index (Phi) is 5.59. The molecule has 0 aromatic heterocycles. The predicted molar refractivity (Wildman–Crippen MR) is 83.0 cm³/mol. The average molecular weight is 315 g/mol. The quantitative estimate of drug-likeness (QED) is 0.721. The van der Waals surface area contributed by atoms with Crippen LogP contribution in [0.25, 0.3) is 0 Å². The Morgan fingerprint density at radius 1 is 1.19 bits per heavy atom. The van der Waals surface area contributed by atoms with Crippen molar-refractivity contribution in [2.75, 3.05) is 20.8 Å². The highest BCUT2D eigenvalue weighted by molar-refractivity contribution is 6.21. The summed E-state index contributed by atoms with van der Waals surface area (Å²) in [7, 11) is 3.24. The van der Waals surface area contributed by atoms with Crippen LogP contribution in [0.1, 0.15) is 25.3 Å². The second-order valence-electron chi connectivity index (χ2n) is 5.24. The van der Waals surface area contributed by atoms with E-state index in [9.17, 15) is 0 Å². The first kappa shape index (κ1) is 16.2. The molecular formula is C16H23ClO4. The molecule has 4 nitrogen and oxygen atoms in total. The van der Waals surface area contributed by atoms with Gasteiger partial charge in [0.2, 0.25) is 5.75 Å². The van der Waals surface area contributed by atoms with E-state index in [1.165, 1.54) is 0 Å². The number of hydrogen-bond acceptors (Lipinski definition) is 4. The van der Waals surface area contributed by atoms with E-state index in [4.69, 9.17) is 30.5 Å². The molecule has 1 aliphatic rings. The first-order chi connectivity index (χ1) is 10.1. The number of ether oxygens (including phenoxy) is 4. The van der Waals surface area contributed by atoms with Crippen LogP contribution in [0.3, 0.4) is 0 Å². The molecule has 1 aliphatic carbocycles. The van der Waals surface area contributed by atoms with E-state index in [2.05, 4.69) is 6.92 Å². The molecule has 21 heavy (non-hydrogen) atoms. The van der Waals surface area contributed by atoms with Crippen molar-refractivity contribution in [3.8, 4) is 17.2 Å². The monoisotopic (exact) mass is 314 g/mol. The van der Waals surface area contributed by atoms with Crippen LogP contribution in [-0.2, 0) is 4.74 Å². The second-order valence-corrected chi connectivity index (χ2v) is 5.80. The summed E-state index contributed by atoms with van der Waals surface area (Å²) < 4.78 is 22.6. The lowest BCUT2D eigenvalue weighted by molar-refractivity contribution is -0.0809. The molecule has 118 valence electrons. The Bertz CT molecular complexity index is 452. The minimum Gasteiger partial charge on any atom is -0.493 e. The van der Waals surface area contributed by atoms with E-state index < -0.39 is 0 Å². The van der Waals surface area contributed by atoms with Gasteiger partial charge in [-0.05, 0) is 31.0 Å². The summed E-state index contributed by atoms with van der Waals surface area (Å²) in [5.41, 5.74) is 1.05. The van der Waals surface area contributed by atoms with Crippen molar-refractivity contribution in [3.05, 3.63) is 17.7 Å². The van der Waals surface area contributed by atoms with E-state index >= 15 is 0 Å². The molecule has 1 aromatic rings. The summed E-state index contributed by atoms with van der Waals surface area (Å²) in [6, 6.07) is 3.85. The van der Waals surface area contributed by atoms with E-state index in [0.717, 1.165) is 18.4 Å². The first-order valence-electron chi connectivity index (χ1n) is 7.25. The lowest BCUT2D eigenvalue weighted by Gasteiger charge is -2.40. The van der Waals surface area contributed by atoms with Crippen molar-refractivity contribution < 1.29 is 18.9 Å². The van der Waals surface area contributed by atoms with Gasteiger partial charge in [-0.3, -0.25) is 0 Å². The summed E-state index contributed by atoms with van der Waals surface area (Å²) in [5, 5.41) is 0.00369. The fourth-order valence-electron chi connectivity index (χ4n) is 2.39. The van der Waals surface area contributed by atoms with E-state index in [1.807, 2.05) is 19.1 Å². The van der Waals surface area contributed by atoms with Crippen molar-refractivity contribution in [1.29, 1.82) is 0 Å². The molecule has 0 radical (unpaired) electrons. The fourth-order valence-corrected chi connectivity index (χ4v) is 2.80. The second kappa shape index (κ2) is 7.23. The maximum absolute atomic E-state index is 6.22. The van der Waals surface area contributed by atoms with Gasteiger partial charge >= 0.3 is 0 Å². The molecule has 0 saturated heterocycles. The largest absolute Gasteiger partial charge is 0.493 e. The van der Waals surface area contributed by atoms with Gasteiger partial charge in [-0.2, -0.15) is 0 Å². The summed E-state index contributed by atoms with van der Waals surface area (Å²) in [4.78, 5) is 0. The minimum atomic E-state index is -0.0812. The van der Waals surface area contributed by atoms with Gasteiger partial charge in [-0.1, -0.05) is 6.92 Å². The Labute approximate surface area is 131 Å². The number of hydrogen-bond donors (Lipinski definition) is 0. The maximum atomic E-state index is 6.22. The van der Waals surface area contributed by atoms with Crippen molar-refractivity contribution in [2.45, 2.75) is 44.3 Å². The Morgan fingerprint density at radius 3 is 2.29 bits per heavy atom. The third-order valence-electron chi connectivity index (χ3n) is 3.57. The van der Waals surface area contributed by atoms with Gasteiger partial charge in [0.15, 0.2) is 11.5 Å². The highest BCUT2D eigenvalue weighted by Crippen LogP contribution is 2.42. The van der Waals surface area contributed by atoms with Crippen LogP contribution in [0.15, 0.2) is 12.1 Å². The Hall–Kier alpha value is -1.13. The number of aryl methyl sites for hydroxylation is 1. The van der Waals surface area contributed by atoms with Gasteiger partial charge < -0.3 is 18.9 Å². The van der Waals surface area contributed by atoms with Crippen LogP contribution < -0.4 is 14.2 Å². The molecule has 0 amide bonds. The molecule has 2 rings (SSSR count). The summed E-state index contributed by atoms with van der Waals surface area (Å²) in [6.45, 7) is 4.75. The summed E-state index contributed by atoms with van der Waals surface area (Å²) in [6.07, 6.45) is 1.58. The summed E-state index contributed by atoms with van der Waals surface area (Å²) >= 11 is 6.22. The molecular weight excluding hydrogens is 292 g/mol. The van der Waals surface area contributed by atoms with Crippen LogP contribution in [0.2, 0.25) is 0 Å². The average Bonchev–Trinajstić information content (AvgIpc) is 2.47. The fraction of sp³-hybridized carbons (Fsp3) is 0.625. The molecule has 1 aromatic carbocycles. The van der Waals surface area contributed by atoms with Crippen molar-refractivity contribution >= 4 is 11.6 Å². The van der Waals surface area contributed by atoms with Crippen molar-refractivity contribution in [3.63, 3.8) is 0 Å². The van der Waals surface area contributed by atoms with Gasteiger partial charge in [0.05, 0.1) is 19.6 Å². The topological polar surface area (TPSA) is 36.9 Å². The lowest BCUT2D eigenvalue weighted by atomic mass is 9.91. The zero-order chi connectivity index (χ0) is 15.4. The Balaban J connectivity index is 2.15. The molecule has 0 bridgehead atoms. The maximum Gasteiger partial charge on any atom is 0.203 e. The molecule has 3 unspecified atom stereocenters. The van der Waals surface area contributed by atoms with E-state index in [0.29, 0.717) is 23.9 Å². The molecule has 3 atom stereocenters. The SMILES string of the molecule is CCCOC1C(Cl)CC1Oc1c(OC)cc(C)cc1OC. The van der Waals surface area contributed by atoms with Gasteiger partial charge in [0, 0.05) is 13.0 Å². The lowest BCUT2D eigenvalue weighted by Crippen LogP contribution is -2.52.